The molecule has 1 fully saturated rings. The van der Waals surface area contributed by atoms with Gasteiger partial charge in [0.05, 0.1) is 12.5 Å². The second kappa shape index (κ2) is 9.53. The highest BCUT2D eigenvalue weighted by molar-refractivity contribution is 7.92. The molecule has 1 aromatic carbocycles. The van der Waals surface area contributed by atoms with Gasteiger partial charge in [0.15, 0.2) is 5.03 Å². The number of carboxylic acids is 1. The molecule has 10 heteroatoms. The number of nitrogens with zero attached hydrogens (tertiary/aromatic N) is 3. The van der Waals surface area contributed by atoms with E-state index in [0.717, 1.165) is 11.1 Å². The van der Waals surface area contributed by atoms with Crippen LogP contribution >= 0.6 is 0 Å². The van der Waals surface area contributed by atoms with E-state index in [2.05, 4.69) is 14.7 Å². The van der Waals surface area contributed by atoms with Gasteiger partial charge in [0.1, 0.15) is 23.1 Å². The van der Waals surface area contributed by atoms with Gasteiger partial charge in [0, 0.05) is 18.7 Å². The molecule has 4 rings (SSSR count). The van der Waals surface area contributed by atoms with Crippen molar-refractivity contribution in [2.24, 2.45) is 5.41 Å². The number of aliphatic carboxylic acids is 1. The lowest BCUT2D eigenvalue weighted by atomic mass is 9.82. The number of hydrogen-bond acceptors (Lipinski definition) is 7. The Hall–Kier alpha value is -3.66. The Kier molecular flexibility index (Phi) is 6.66. The molecule has 2 aromatic heterocycles. The van der Waals surface area contributed by atoms with Crippen molar-refractivity contribution >= 4 is 27.6 Å². The van der Waals surface area contributed by atoms with Gasteiger partial charge in [-0.25, -0.2) is 9.97 Å². The van der Waals surface area contributed by atoms with Crippen molar-refractivity contribution in [3.63, 3.8) is 0 Å². The van der Waals surface area contributed by atoms with Crippen LogP contribution in [0.25, 0.3) is 11.3 Å². The minimum absolute atomic E-state index is 0.132. The van der Waals surface area contributed by atoms with Crippen LogP contribution < -0.4 is 14.4 Å². The average molecular weight is 497 g/mol. The van der Waals surface area contributed by atoms with Crippen molar-refractivity contribution in [3.8, 4) is 17.0 Å². The zero-order chi connectivity index (χ0) is 25.2. The molecule has 1 aliphatic rings. The van der Waals surface area contributed by atoms with Crippen LogP contribution in [0.3, 0.4) is 0 Å². The molecule has 0 aliphatic carbocycles. The average Bonchev–Trinajstić information content (AvgIpc) is 2.84. The monoisotopic (exact) mass is 496 g/mol. The number of pyridine rings is 2. The highest BCUT2D eigenvalue weighted by Crippen LogP contribution is 2.33. The zero-order valence-corrected chi connectivity index (χ0v) is 20.7. The maximum absolute atomic E-state index is 13.2. The quantitative estimate of drug-likeness (QED) is 0.504. The Morgan fingerprint density at radius 2 is 1.89 bits per heavy atom. The highest BCUT2D eigenvalue weighted by atomic mass is 32.2. The van der Waals surface area contributed by atoms with Crippen molar-refractivity contribution < 1.29 is 23.1 Å². The summed E-state index contributed by atoms with van der Waals surface area (Å²) in [6, 6.07) is 15.5. The summed E-state index contributed by atoms with van der Waals surface area (Å²) in [5, 5.41) is 9.43. The number of carbonyl (C=O) groups is 1. The molecule has 3 aromatic rings. The van der Waals surface area contributed by atoms with Crippen LogP contribution in [-0.2, 0) is 14.8 Å². The smallest absolute Gasteiger partial charge is 0.311 e. The topological polar surface area (TPSA) is 122 Å². The third kappa shape index (κ3) is 5.07. The highest BCUT2D eigenvalue weighted by Gasteiger charge is 2.38. The fourth-order valence-electron chi connectivity index (χ4n) is 4.23. The summed E-state index contributed by atoms with van der Waals surface area (Å²) >= 11 is 0. The molecule has 1 atom stereocenters. The van der Waals surface area contributed by atoms with Crippen LogP contribution in [0.1, 0.15) is 25.3 Å². The Morgan fingerprint density at radius 1 is 1.11 bits per heavy atom. The lowest BCUT2D eigenvalue weighted by molar-refractivity contribution is -0.148. The predicted molar refractivity (Wildman–Crippen MR) is 133 cm³/mol. The third-order valence-electron chi connectivity index (χ3n) is 6.24. The number of aromatic nitrogens is 2. The number of rotatable bonds is 7. The van der Waals surface area contributed by atoms with Crippen LogP contribution in [0.4, 0.5) is 11.6 Å². The molecular weight excluding hydrogens is 468 g/mol. The van der Waals surface area contributed by atoms with Gasteiger partial charge in [0.25, 0.3) is 10.0 Å². The van der Waals surface area contributed by atoms with Crippen molar-refractivity contribution in [1.82, 2.24) is 9.97 Å². The van der Waals surface area contributed by atoms with E-state index in [1.807, 2.05) is 36.1 Å². The Bertz CT molecular complexity index is 1360. The summed E-state index contributed by atoms with van der Waals surface area (Å²) in [6.07, 6.45) is 1.24. The summed E-state index contributed by atoms with van der Waals surface area (Å²) in [5.41, 5.74) is 1.42. The molecular formula is C25H28N4O5S. The van der Waals surface area contributed by atoms with Gasteiger partial charge < -0.3 is 14.7 Å². The first-order valence-corrected chi connectivity index (χ1v) is 12.7. The van der Waals surface area contributed by atoms with Crippen molar-refractivity contribution in [2.75, 3.05) is 29.8 Å². The summed E-state index contributed by atoms with van der Waals surface area (Å²) in [6.45, 7) is 4.50. The van der Waals surface area contributed by atoms with Crippen LogP contribution in [-0.4, -0.2) is 49.7 Å². The molecule has 0 bridgehead atoms. The molecule has 0 radical (unpaired) electrons. The Balaban J connectivity index is 1.63. The maximum Gasteiger partial charge on any atom is 0.311 e. The molecule has 9 nitrogen and oxygen atoms in total. The fourth-order valence-corrected chi connectivity index (χ4v) is 5.19. The molecule has 1 unspecified atom stereocenters. The van der Waals surface area contributed by atoms with E-state index in [9.17, 15) is 18.3 Å². The molecule has 184 valence electrons. The van der Waals surface area contributed by atoms with Crippen LogP contribution in [0.15, 0.2) is 59.6 Å². The molecule has 1 aliphatic heterocycles. The molecule has 1 saturated heterocycles. The first-order valence-electron chi connectivity index (χ1n) is 11.2. The molecule has 0 spiro atoms. The van der Waals surface area contributed by atoms with Gasteiger partial charge >= 0.3 is 5.97 Å². The standard InChI is InChI=1S/C25H28N4O5S/c1-17-8-4-5-9-18(17)23-19(34-3)12-13-20(26-23)28-35(32,33)22-11-6-10-21(27-22)29-15-7-14-25(2,16-29)24(30)31/h4-6,8-13H,7,14-16H2,1-3H3,(H,26,28)(H,30,31). The van der Waals surface area contributed by atoms with Crippen molar-refractivity contribution in [2.45, 2.75) is 31.7 Å². The number of piperidine rings is 1. The molecule has 2 N–H and O–H groups in total. The predicted octanol–water partition coefficient (Wildman–Crippen LogP) is 3.95. The minimum atomic E-state index is -4.06. The Labute approximate surface area is 204 Å². The summed E-state index contributed by atoms with van der Waals surface area (Å²) in [5.74, 6) is 0.202. The number of methoxy groups -OCH3 is 1. The molecule has 0 saturated carbocycles. The first kappa shape index (κ1) is 24.5. The van der Waals surface area contributed by atoms with Crippen molar-refractivity contribution in [1.29, 1.82) is 0 Å². The minimum Gasteiger partial charge on any atom is -0.494 e. The number of hydrogen-bond donors (Lipinski definition) is 2. The third-order valence-corrected chi connectivity index (χ3v) is 7.49. The van der Waals surface area contributed by atoms with E-state index < -0.39 is 21.4 Å². The SMILES string of the molecule is COc1ccc(NS(=O)(=O)c2cccc(N3CCCC(C)(C(=O)O)C3)n2)nc1-c1ccccc1C. The normalized spacial score (nSPS) is 18.2. The number of anilines is 2. The van der Waals surface area contributed by atoms with Gasteiger partial charge in [-0.3, -0.25) is 9.52 Å². The number of carboxylic acid groups (broad SMARTS) is 1. The van der Waals surface area contributed by atoms with Gasteiger partial charge in [-0.05, 0) is 56.5 Å². The summed E-state index contributed by atoms with van der Waals surface area (Å²) < 4.78 is 34.3. The van der Waals surface area contributed by atoms with E-state index in [-0.39, 0.29) is 17.4 Å². The van der Waals surface area contributed by atoms with Crippen LogP contribution in [0.2, 0.25) is 0 Å². The second-order valence-corrected chi connectivity index (χ2v) is 10.5. The second-order valence-electron chi connectivity index (χ2n) is 8.89. The lowest BCUT2D eigenvalue weighted by Crippen LogP contribution is -2.46. The van der Waals surface area contributed by atoms with Gasteiger partial charge in [-0.1, -0.05) is 30.3 Å². The van der Waals surface area contributed by atoms with E-state index in [1.165, 1.54) is 19.2 Å². The first-order chi connectivity index (χ1) is 16.6. The van der Waals surface area contributed by atoms with Gasteiger partial charge in [0.2, 0.25) is 0 Å². The lowest BCUT2D eigenvalue weighted by Gasteiger charge is -2.38. The van der Waals surface area contributed by atoms with E-state index in [1.54, 1.807) is 25.1 Å². The fraction of sp³-hybridized carbons (Fsp3) is 0.320. The summed E-state index contributed by atoms with van der Waals surface area (Å²) in [7, 11) is -2.52. The Morgan fingerprint density at radius 3 is 2.60 bits per heavy atom. The summed E-state index contributed by atoms with van der Waals surface area (Å²) in [4.78, 5) is 22.4. The van der Waals surface area contributed by atoms with Gasteiger partial charge in [-0.2, -0.15) is 8.42 Å². The van der Waals surface area contributed by atoms with Gasteiger partial charge in [-0.15, -0.1) is 0 Å². The molecule has 3 heterocycles. The van der Waals surface area contributed by atoms with Crippen LogP contribution in [0.5, 0.6) is 5.75 Å². The number of ether oxygens (including phenoxy) is 1. The molecule has 35 heavy (non-hydrogen) atoms. The van der Waals surface area contributed by atoms with E-state index >= 15 is 0 Å². The number of aryl methyl sites for hydroxylation is 1. The number of sulfonamides is 1. The van der Waals surface area contributed by atoms with Crippen molar-refractivity contribution in [3.05, 3.63) is 60.2 Å². The van der Waals surface area contributed by atoms with E-state index in [0.29, 0.717) is 36.6 Å². The maximum atomic E-state index is 13.2. The number of nitrogens with one attached hydrogen (secondary N) is 1. The zero-order valence-electron chi connectivity index (χ0n) is 19.9. The largest absolute Gasteiger partial charge is 0.494 e. The van der Waals surface area contributed by atoms with Crippen LogP contribution in [0, 0.1) is 12.3 Å². The molecule has 0 amide bonds. The van der Waals surface area contributed by atoms with E-state index in [4.69, 9.17) is 4.74 Å². The number of benzene rings is 1.